The lowest BCUT2D eigenvalue weighted by Gasteiger charge is -2.32. The van der Waals surface area contributed by atoms with Crippen LogP contribution >= 0.6 is 11.8 Å². The van der Waals surface area contributed by atoms with Gasteiger partial charge in [0.05, 0.1) is 0 Å². The highest BCUT2D eigenvalue weighted by Gasteiger charge is 2.22. The molecule has 0 amide bonds. The van der Waals surface area contributed by atoms with E-state index in [0.717, 1.165) is 17.2 Å². The van der Waals surface area contributed by atoms with Crippen molar-refractivity contribution in [3.8, 4) is 0 Å². The van der Waals surface area contributed by atoms with Gasteiger partial charge in [0.15, 0.2) is 0 Å². The molecule has 1 rings (SSSR count). The summed E-state index contributed by atoms with van der Waals surface area (Å²) < 4.78 is 0. The fourth-order valence-electron chi connectivity index (χ4n) is 2.42. The second-order valence-electron chi connectivity index (χ2n) is 5.72. The Bertz CT molecular complexity index is 182. The molecule has 0 aromatic rings. The Balaban J connectivity index is 2.14. The number of rotatable bonds is 6. The molecule has 1 nitrogen and oxygen atoms in total. The maximum absolute atomic E-state index is 3.82. The van der Waals surface area contributed by atoms with E-state index in [1.165, 1.54) is 37.9 Å². The van der Waals surface area contributed by atoms with Crippen molar-refractivity contribution in [1.82, 2.24) is 5.32 Å². The Morgan fingerprint density at radius 2 is 2.00 bits per heavy atom. The smallest absolute Gasteiger partial charge is 0.0186 e. The van der Waals surface area contributed by atoms with Crippen LogP contribution in [0.1, 0.15) is 59.8 Å². The summed E-state index contributed by atoms with van der Waals surface area (Å²) in [5.41, 5.74) is 0. The summed E-state index contributed by atoms with van der Waals surface area (Å²) in [6, 6.07) is 1.46. The van der Waals surface area contributed by atoms with Gasteiger partial charge in [-0.3, -0.25) is 0 Å². The predicted molar refractivity (Wildman–Crippen MR) is 76.2 cm³/mol. The van der Waals surface area contributed by atoms with E-state index in [-0.39, 0.29) is 0 Å². The highest BCUT2D eigenvalue weighted by Crippen LogP contribution is 2.25. The summed E-state index contributed by atoms with van der Waals surface area (Å²) in [5.74, 6) is 2.22. The van der Waals surface area contributed by atoms with Crippen molar-refractivity contribution in [3.05, 3.63) is 0 Å². The molecule has 0 bridgehead atoms. The van der Waals surface area contributed by atoms with Crippen LogP contribution in [-0.2, 0) is 0 Å². The van der Waals surface area contributed by atoms with Gasteiger partial charge in [-0.05, 0) is 37.9 Å². The average molecular weight is 243 g/mol. The Kier molecular flexibility index (Phi) is 6.83. The van der Waals surface area contributed by atoms with Crippen LogP contribution in [0.3, 0.4) is 0 Å². The van der Waals surface area contributed by atoms with Crippen molar-refractivity contribution in [2.24, 2.45) is 5.92 Å². The van der Waals surface area contributed by atoms with Gasteiger partial charge in [0, 0.05) is 17.3 Å². The van der Waals surface area contributed by atoms with Crippen molar-refractivity contribution in [3.63, 3.8) is 0 Å². The largest absolute Gasteiger partial charge is 0.310 e. The van der Waals surface area contributed by atoms with E-state index in [1.807, 2.05) is 0 Å². The normalized spacial score (nSPS) is 28.3. The fraction of sp³-hybridized carbons (Fsp3) is 1.00. The topological polar surface area (TPSA) is 12.0 Å². The maximum Gasteiger partial charge on any atom is 0.0186 e. The zero-order valence-corrected chi connectivity index (χ0v) is 12.3. The number of hydrogen-bond acceptors (Lipinski definition) is 2. The van der Waals surface area contributed by atoms with Crippen molar-refractivity contribution in [2.45, 2.75) is 77.1 Å². The molecule has 3 atom stereocenters. The Morgan fingerprint density at radius 3 is 2.62 bits per heavy atom. The molecule has 3 unspecified atom stereocenters. The highest BCUT2D eigenvalue weighted by molar-refractivity contribution is 7.99. The number of hydrogen-bond donors (Lipinski definition) is 1. The third-order valence-electron chi connectivity index (χ3n) is 3.52. The van der Waals surface area contributed by atoms with Crippen molar-refractivity contribution in [1.29, 1.82) is 0 Å². The van der Waals surface area contributed by atoms with E-state index in [4.69, 9.17) is 0 Å². The zero-order chi connectivity index (χ0) is 12.0. The SMILES string of the molecule is CC(C)CCCC(C)NC1CCCSC1C. The minimum absolute atomic E-state index is 0.699. The monoisotopic (exact) mass is 243 g/mol. The van der Waals surface area contributed by atoms with Crippen LogP contribution in [0.4, 0.5) is 0 Å². The van der Waals surface area contributed by atoms with Crippen LogP contribution in [-0.4, -0.2) is 23.1 Å². The van der Waals surface area contributed by atoms with Gasteiger partial charge in [-0.2, -0.15) is 11.8 Å². The van der Waals surface area contributed by atoms with Gasteiger partial charge in [0.25, 0.3) is 0 Å². The van der Waals surface area contributed by atoms with Crippen molar-refractivity contribution in [2.75, 3.05) is 5.75 Å². The first-order chi connectivity index (χ1) is 7.59. The van der Waals surface area contributed by atoms with Crippen LogP contribution < -0.4 is 5.32 Å². The molecule has 1 N–H and O–H groups in total. The van der Waals surface area contributed by atoms with Crippen LogP contribution in [0, 0.1) is 5.92 Å². The van der Waals surface area contributed by atoms with Crippen LogP contribution in [0.15, 0.2) is 0 Å². The molecule has 96 valence electrons. The quantitative estimate of drug-likeness (QED) is 0.754. The first-order valence-corrected chi connectivity index (χ1v) is 8.02. The Morgan fingerprint density at radius 1 is 1.25 bits per heavy atom. The summed E-state index contributed by atoms with van der Waals surface area (Å²) in [7, 11) is 0. The lowest BCUT2D eigenvalue weighted by atomic mass is 10.0. The number of nitrogens with one attached hydrogen (secondary N) is 1. The highest BCUT2D eigenvalue weighted by atomic mass is 32.2. The lowest BCUT2D eigenvalue weighted by molar-refractivity contribution is 0.381. The molecule has 0 radical (unpaired) electrons. The van der Waals surface area contributed by atoms with Gasteiger partial charge in [0.2, 0.25) is 0 Å². The molecule has 0 saturated carbocycles. The first kappa shape index (κ1) is 14.4. The minimum atomic E-state index is 0.699. The lowest BCUT2D eigenvalue weighted by Crippen LogP contribution is -2.43. The molecule has 0 spiro atoms. The van der Waals surface area contributed by atoms with Gasteiger partial charge in [-0.1, -0.05) is 33.6 Å². The predicted octanol–water partition coefficient (Wildman–Crippen LogP) is 4.07. The van der Waals surface area contributed by atoms with Crippen LogP contribution in [0.5, 0.6) is 0 Å². The summed E-state index contributed by atoms with van der Waals surface area (Å²) >= 11 is 2.13. The van der Waals surface area contributed by atoms with Gasteiger partial charge >= 0.3 is 0 Å². The zero-order valence-electron chi connectivity index (χ0n) is 11.5. The van der Waals surface area contributed by atoms with Gasteiger partial charge in [-0.15, -0.1) is 0 Å². The Hall–Kier alpha value is 0.310. The second kappa shape index (κ2) is 7.60. The molecule has 2 heteroatoms. The van der Waals surface area contributed by atoms with Crippen LogP contribution in [0.2, 0.25) is 0 Å². The molecular formula is C14H29NS. The van der Waals surface area contributed by atoms with Gasteiger partial charge < -0.3 is 5.32 Å². The molecule has 1 aliphatic rings. The summed E-state index contributed by atoms with van der Waals surface area (Å²) in [6.07, 6.45) is 6.86. The van der Waals surface area contributed by atoms with Crippen molar-refractivity contribution < 1.29 is 0 Å². The van der Waals surface area contributed by atoms with Gasteiger partial charge in [0.1, 0.15) is 0 Å². The molecular weight excluding hydrogens is 214 g/mol. The molecule has 0 aromatic heterocycles. The number of thioether (sulfide) groups is 1. The maximum atomic E-state index is 3.82. The first-order valence-electron chi connectivity index (χ1n) is 6.97. The molecule has 1 aliphatic heterocycles. The molecule has 1 saturated heterocycles. The van der Waals surface area contributed by atoms with E-state index < -0.39 is 0 Å². The molecule has 1 heterocycles. The van der Waals surface area contributed by atoms with E-state index in [1.54, 1.807) is 0 Å². The fourth-order valence-corrected chi connectivity index (χ4v) is 3.58. The van der Waals surface area contributed by atoms with E-state index in [2.05, 4.69) is 44.8 Å². The average Bonchev–Trinajstić information content (AvgIpc) is 2.21. The molecule has 16 heavy (non-hydrogen) atoms. The summed E-state index contributed by atoms with van der Waals surface area (Å²) in [5, 5.41) is 4.63. The summed E-state index contributed by atoms with van der Waals surface area (Å²) in [4.78, 5) is 0. The molecule has 0 aromatic carbocycles. The van der Waals surface area contributed by atoms with E-state index >= 15 is 0 Å². The molecule has 1 fully saturated rings. The Labute approximate surface area is 106 Å². The summed E-state index contributed by atoms with van der Waals surface area (Å²) in [6.45, 7) is 9.37. The van der Waals surface area contributed by atoms with Gasteiger partial charge in [-0.25, -0.2) is 0 Å². The standard InChI is InChI=1S/C14H29NS/c1-11(2)7-5-8-12(3)15-14-9-6-10-16-13(14)4/h11-15H,5-10H2,1-4H3. The minimum Gasteiger partial charge on any atom is -0.310 e. The molecule has 0 aliphatic carbocycles. The third-order valence-corrected chi connectivity index (χ3v) is 4.90. The third kappa shape index (κ3) is 5.58. The van der Waals surface area contributed by atoms with Crippen LogP contribution in [0.25, 0.3) is 0 Å². The van der Waals surface area contributed by atoms with E-state index in [0.29, 0.717) is 6.04 Å². The second-order valence-corrected chi connectivity index (χ2v) is 7.20. The van der Waals surface area contributed by atoms with Crippen molar-refractivity contribution >= 4 is 11.8 Å². The van der Waals surface area contributed by atoms with E-state index in [9.17, 15) is 0 Å².